The van der Waals surface area contributed by atoms with Crippen LogP contribution >= 0.6 is 31.9 Å². The molecule has 1 aliphatic carbocycles. The topological polar surface area (TPSA) is 90.0 Å². The number of carbonyl (C=O) groups excluding carboxylic acids is 4. The molecule has 2 aromatic carbocycles. The summed E-state index contributed by atoms with van der Waals surface area (Å²) in [5, 5.41) is 0. The summed E-state index contributed by atoms with van der Waals surface area (Å²) in [4.78, 5) is 52.3. The lowest BCUT2D eigenvalue weighted by molar-refractivity contribution is -0.122. The summed E-state index contributed by atoms with van der Waals surface area (Å²) in [6, 6.07) is 12.6. The van der Waals surface area contributed by atoms with Crippen LogP contribution in [-0.4, -0.2) is 46.9 Å². The van der Waals surface area contributed by atoms with E-state index in [-0.39, 0.29) is 44.7 Å². The van der Waals surface area contributed by atoms with Crippen LogP contribution in [0.5, 0.6) is 5.75 Å². The zero-order valence-electron chi connectivity index (χ0n) is 17.7. The Bertz CT molecular complexity index is 1070. The number of fused-ring (bicyclic) bond motifs is 1. The largest absolute Gasteiger partial charge is 0.497 e. The first-order valence-corrected chi connectivity index (χ1v) is 12.2. The maximum atomic E-state index is 13.0. The Morgan fingerprint density at radius 3 is 2.12 bits per heavy atom. The van der Waals surface area contributed by atoms with Gasteiger partial charge in [-0.15, -0.1) is 0 Å². The van der Waals surface area contributed by atoms with Gasteiger partial charge in [0.2, 0.25) is 11.8 Å². The van der Waals surface area contributed by atoms with Gasteiger partial charge >= 0.3 is 5.97 Å². The van der Waals surface area contributed by atoms with Gasteiger partial charge in [-0.05, 0) is 55.3 Å². The van der Waals surface area contributed by atoms with Crippen molar-refractivity contribution in [3.05, 3.63) is 59.7 Å². The molecule has 4 atom stereocenters. The molecule has 33 heavy (non-hydrogen) atoms. The molecular formula is C24H21Br2NO6. The molecule has 1 aliphatic heterocycles. The van der Waals surface area contributed by atoms with Crippen LogP contribution in [0.15, 0.2) is 48.5 Å². The van der Waals surface area contributed by atoms with Gasteiger partial charge in [-0.3, -0.25) is 19.3 Å². The normalized spacial score (nSPS) is 24.4. The summed E-state index contributed by atoms with van der Waals surface area (Å²) in [5.74, 6) is -1.73. The van der Waals surface area contributed by atoms with Gasteiger partial charge in [-0.2, -0.15) is 0 Å². The number of carbonyl (C=O) groups is 4. The summed E-state index contributed by atoms with van der Waals surface area (Å²) in [6.45, 7) is -0.430. The van der Waals surface area contributed by atoms with E-state index in [1.165, 1.54) is 24.1 Å². The molecule has 4 rings (SSSR count). The number of benzene rings is 2. The van der Waals surface area contributed by atoms with Gasteiger partial charge in [0, 0.05) is 15.2 Å². The molecule has 0 spiro atoms. The molecule has 0 radical (unpaired) electrons. The molecular weight excluding hydrogens is 558 g/mol. The minimum absolute atomic E-state index is 0.111. The number of imide groups is 1. The molecule has 9 heteroatoms. The fourth-order valence-electron chi connectivity index (χ4n) is 4.20. The second kappa shape index (κ2) is 9.77. The zero-order valence-corrected chi connectivity index (χ0v) is 20.9. The number of methoxy groups -OCH3 is 1. The monoisotopic (exact) mass is 577 g/mol. The Labute approximate surface area is 207 Å². The third-order valence-corrected chi connectivity index (χ3v) is 8.73. The standard InChI is InChI=1S/C24H21Br2NO6/c1-32-16-7-5-13(6-8-16)21(28)12-33-24(31)14-3-2-4-15(9-14)27-22(29)17-10-19(25)20(26)11-18(17)23(27)30/h2-9,17-20H,10-12H2,1H3/t17-,18-,19-,20+/m1/s1. The maximum absolute atomic E-state index is 13.0. The predicted molar refractivity (Wildman–Crippen MR) is 128 cm³/mol. The van der Waals surface area contributed by atoms with E-state index in [4.69, 9.17) is 9.47 Å². The van der Waals surface area contributed by atoms with E-state index in [1.54, 1.807) is 36.4 Å². The Balaban J connectivity index is 1.45. The molecule has 2 fully saturated rings. The Hall–Kier alpha value is -2.52. The van der Waals surface area contributed by atoms with Crippen molar-refractivity contribution in [3.8, 4) is 5.75 Å². The minimum Gasteiger partial charge on any atom is -0.497 e. The average molecular weight is 579 g/mol. The van der Waals surface area contributed by atoms with E-state index in [0.717, 1.165) is 0 Å². The van der Waals surface area contributed by atoms with Crippen LogP contribution < -0.4 is 9.64 Å². The minimum atomic E-state index is -0.712. The van der Waals surface area contributed by atoms with Gasteiger partial charge in [0.1, 0.15) is 5.75 Å². The van der Waals surface area contributed by atoms with Crippen LogP contribution in [-0.2, 0) is 14.3 Å². The molecule has 0 aromatic heterocycles. The van der Waals surface area contributed by atoms with Crippen molar-refractivity contribution in [1.29, 1.82) is 0 Å². The van der Waals surface area contributed by atoms with Gasteiger partial charge < -0.3 is 9.47 Å². The lowest BCUT2D eigenvalue weighted by atomic mass is 9.81. The molecule has 1 heterocycles. The molecule has 2 aromatic rings. The number of alkyl halides is 2. The molecule has 1 saturated heterocycles. The Morgan fingerprint density at radius 2 is 1.55 bits per heavy atom. The predicted octanol–water partition coefficient (Wildman–Crippen LogP) is 4.16. The van der Waals surface area contributed by atoms with Gasteiger partial charge in [-0.1, -0.05) is 37.9 Å². The summed E-state index contributed by atoms with van der Waals surface area (Å²) in [5.41, 5.74) is 0.873. The summed E-state index contributed by atoms with van der Waals surface area (Å²) in [7, 11) is 1.53. The number of rotatable bonds is 6. The zero-order chi connectivity index (χ0) is 23.7. The Kier molecular flexibility index (Phi) is 6.99. The number of anilines is 1. The lowest BCUT2D eigenvalue weighted by Gasteiger charge is -2.29. The second-order valence-corrected chi connectivity index (χ2v) is 10.4. The number of ketones is 1. The van der Waals surface area contributed by atoms with Crippen LogP contribution in [0.1, 0.15) is 33.6 Å². The summed E-state index contributed by atoms with van der Waals surface area (Å²) >= 11 is 7.15. The van der Waals surface area contributed by atoms with Crippen molar-refractivity contribution >= 4 is 61.1 Å². The van der Waals surface area contributed by atoms with Crippen molar-refractivity contribution in [2.75, 3.05) is 18.6 Å². The van der Waals surface area contributed by atoms with E-state index >= 15 is 0 Å². The van der Waals surface area contributed by atoms with Crippen LogP contribution in [0.25, 0.3) is 0 Å². The first-order valence-electron chi connectivity index (χ1n) is 10.4. The van der Waals surface area contributed by atoms with Crippen LogP contribution in [0.3, 0.4) is 0 Å². The third kappa shape index (κ3) is 4.75. The number of halogens is 2. The average Bonchev–Trinajstić information content (AvgIpc) is 3.06. The first kappa shape index (κ1) is 23.6. The highest BCUT2D eigenvalue weighted by Gasteiger charge is 2.52. The number of nitrogens with zero attached hydrogens (tertiary/aromatic N) is 1. The number of hydrogen-bond donors (Lipinski definition) is 0. The van der Waals surface area contributed by atoms with E-state index in [0.29, 0.717) is 29.8 Å². The number of amides is 2. The van der Waals surface area contributed by atoms with Crippen molar-refractivity contribution in [1.82, 2.24) is 0 Å². The highest BCUT2D eigenvalue weighted by Crippen LogP contribution is 2.44. The molecule has 0 unspecified atom stereocenters. The quantitative estimate of drug-likeness (QED) is 0.221. The lowest BCUT2D eigenvalue weighted by Crippen LogP contribution is -2.34. The highest BCUT2D eigenvalue weighted by atomic mass is 79.9. The fraction of sp³-hybridized carbons (Fsp3) is 0.333. The van der Waals surface area contributed by atoms with E-state index in [2.05, 4.69) is 31.9 Å². The van der Waals surface area contributed by atoms with Crippen molar-refractivity contribution in [2.24, 2.45) is 11.8 Å². The van der Waals surface area contributed by atoms with E-state index in [1.807, 2.05) is 0 Å². The molecule has 2 aliphatic rings. The number of hydrogen-bond acceptors (Lipinski definition) is 6. The van der Waals surface area contributed by atoms with Gasteiger partial charge in [0.15, 0.2) is 12.4 Å². The Morgan fingerprint density at radius 1 is 0.939 bits per heavy atom. The van der Waals surface area contributed by atoms with Crippen molar-refractivity contribution in [3.63, 3.8) is 0 Å². The fourth-order valence-corrected chi connectivity index (χ4v) is 5.43. The second-order valence-electron chi connectivity index (χ2n) is 8.01. The van der Waals surface area contributed by atoms with Gasteiger partial charge in [0.05, 0.1) is 30.2 Å². The van der Waals surface area contributed by atoms with Crippen LogP contribution in [0.4, 0.5) is 5.69 Å². The third-order valence-electron chi connectivity index (χ3n) is 6.00. The van der Waals surface area contributed by atoms with Gasteiger partial charge in [-0.25, -0.2) is 4.79 Å². The van der Waals surface area contributed by atoms with E-state index < -0.39 is 12.6 Å². The van der Waals surface area contributed by atoms with E-state index in [9.17, 15) is 19.2 Å². The highest BCUT2D eigenvalue weighted by molar-refractivity contribution is 9.12. The number of esters is 1. The molecule has 172 valence electrons. The summed E-state index contributed by atoms with van der Waals surface area (Å²) in [6.07, 6.45) is 1.13. The molecule has 0 bridgehead atoms. The molecule has 7 nitrogen and oxygen atoms in total. The van der Waals surface area contributed by atoms with Crippen LogP contribution in [0, 0.1) is 11.8 Å². The molecule has 2 amide bonds. The maximum Gasteiger partial charge on any atom is 0.338 e. The molecule has 0 N–H and O–H groups in total. The SMILES string of the molecule is COc1ccc(C(=O)COC(=O)c2cccc(N3C(=O)[C@@H]4C[C@@H](Br)[C@@H](Br)C[C@H]4C3=O)c2)cc1. The smallest absolute Gasteiger partial charge is 0.338 e. The van der Waals surface area contributed by atoms with Crippen molar-refractivity contribution in [2.45, 2.75) is 22.5 Å². The number of ether oxygens (including phenoxy) is 2. The van der Waals surface area contributed by atoms with Gasteiger partial charge in [0.25, 0.3) is 0 Å². The molecule has 1 saturated carbocycles. The van der Waals surface area contributed by atoms with Crippen molar-refractivity contribution < 1.29 is 28.7 Å². The van der Waals surface area contributed by atoms with Crippen LogP contribution in [0.2, 0.25) is 0 Å². The number of Topliss-reactive ketones (excluding diaryl/α,β-unsaturated/α-hetero) is 1. The first-order chi connectivity index (χ1) is 15.8. The summed E-state index contributed by atoms with van der Waals surface area (Å²) < 4.78 is 10.2.